The van der Waals surface area contributed by atoms with Crippen LogP contribution in [0.15, 0.2) is 164 Å². The van der Waals surface area contributed by atoms with Gasteiger partial charge in [-0.25, -0.2) is 0 Å². The Kier molecular flexibility index (Phi) is 12.8. The zero-order valence-corrected chi connectivity index (χ0v) is 28.8. The SMILES string of the molecule is ClC(C/C(=C\c1ccc(OCc2ccccc2)cc1)c1ccc(OCc2ccccc2)cc1)c1ccccc1OCCOCc1ccccc1. The Balaban J connectivity index is 1.15. The third-order valence-corrected chi connectivity index (χ3v) is 8.58. The average molecular weight is 681 g/mol. The zero-order valence-electron chi connectivity index (χ0n) is 28.0. The molecule has 50 heavy (non-hydrogen) atoms. The molecule has 6 aromatic rings. The van der Waals surface area contributed by atoms with Gasteiger partial charge in [0.25, 0.3) is 0 Å². The Morgan fingerprint density at radius 3 is 1.58 bits per heavy atom. The maximum absolute atomic E-state index is 7.22. The molecule has 0 saturated carbocycles. The molecule has 0 aliphatic carbocycles. The van der Waals surface area contributed by atoms with E-state index in [2.05, 4.69) is 66.7 Å². The summed E-state index contributed by atoms with van der Waals surface area (Å²) < 4.78 is 24.1. The molecule has 5 heteroatoms. The number of rotatable bonds is 17. The van der Waals surface area contributed by atoms with Gasteiger partial charge in [-0.2, -0.15) is 0 Å². The Bertz CT molecular complexity index is 1890. The van der Waals surface area contributed by atoms with Gasteiger partial charge >= 0.3 is 0 Å². The summed E-state index contributed by atoms with van der Waals surface area (Å²) in [6.07, 6.45) is 2.78. The number of para-hydroxylation sites is 1. The molecule has 4 nitrogen and oxygen atoms in total. The van der Waals surface area contributed by atoms with Crippen LogP contribution < -0.4 is 14.2 Å². The number of benzene rings is 6. The van der Waals surface area contributed by atoms with Crippen LogP contribution in [0, 0.1) is 0 Å². The van der Waals surface area contributed by atoms with Gasteiger partial charge < -0.3 is 18.9 Å². The number of hydrogen-bond acceptors (Lipinski definition) is 4. The van der Waals surface area contributed by atoms with Crippen molar-refractivity contribution >= 4 is 23.3 Å². The average Bonchev–Trinajstić information content (AvgIpc) is 3.18. The molecule has 6 aromatic carbocycles. The van der Waals surface area contributed by atoms with Crippen LogP contribution in [-0.2, 0) is 24.6 Å². The third-order valence-electron chi connectivity index (χ3n) is 8.20. The van der Waals surface area contributed by atoms with E-state index in [9.17, 15) is 0 Å². The minimum Gasteiger partial charge on any atom is -0.491 e. The molecular weight excluding hydrogens is 640 g/mol. The smallest absolute Gasteiger partial charge is 0.124 e. The number of allylic oxidation sites excluding steroid dienone is 1. The topological polar surface area (TPSA) is 36.9 Å². The van der Waals surface area contributed by atoms with Gasteiger partial charge in [-0.3, -0.25) is 0 Å². The number of alkyl halides is 1. The zero-order chi connectivity index (χ0) is 34.2. The van der Waals surface area contributed by atoms with E-state index in [1.54, 1.807) is 0 Å². The van der Waals surface area contributed by atoms with Crippen LogP contribution >= 0.6 is 11.6 Å². The second kappa shape index (κ2) is 18.5. The molecule has 0 aliphatic rings. The van der Waals surface area contributed by atoms with E-state index in [0.717, 1.165) is 56.2 Å². The maximum Gasteiger partial charge on any atom is 0.124 e. The standard InChI is InChI=1S/C45H41ClO4/c46-44(43-18-10-11-19-45(43)48-29-28-47-32-36-12-4-1-5-13-36)31-40(39-22-26-42(27-23-39)50-34-38-16-8-3-9-17-38)30-35-20-24-41(25-21-35)49-33-37-14-6-2-7-15-37/h1-27,30,44H,28-29,31-34H2/b40-30+. The first-order chi connectivity index (χ1) is 24.7. The second-order valence-corrected chi connectivity index (χ2v) is 12.4. The first-order valence-electron chi connectivity index (χ1n) is 16.9. The van der Waals surface area contributed by atoms with Gasteiger partial charge in [0.1, 0.15) is 37.1 Å². The van der Waals surface area contributed by atoms with E-state index < -0.39 is 0 Å². The lowest BCUT2D eigenvalue weighted by Crippen LogP contribution is -2.08. The predicted molar refractivity (Wildman–Crippen MR) is 204 cm³/mol. The molecule has 0 fully saturated rings. The van der Waals surface area contributed by atoms with Gasteiger partial charge in [-0.1, -0.05) is 140 Å². The molecule has 252 valence electrons. The van der Waals surface area contributed by atoms with Gasteiger partial charge in [0.15, 0.2) is 0 Å². The van der Waals surface area contributed by atoms with Crippen molar-refractivity contribution < 1.29 is 18.9 Å². The van der Waals surface area contributed by atoms with Crippen LogP contribution in [0.1, 0.15) is 45.2 Å². The first kappa shape index (κ1) is 34.6. The summed E-state index contributed by atoms with van der Waals surface area (Å²) in [5, 5.41) is -0.329. The Morgan fingerprint density at radius 2 is 1.00 bits per heavy atom. The van der Waals surface area contributed by atoms with E-state index in [4.69, 9.17) is 30.5 Å². The summed E-state index contributed by atoms with van der Waals surface area (Å²) in [5.74, 6) is 2.40. The van der Waals surface area contributed by atoms with Crippen molar-refractivity contribution in [2.45, 2.75) is 31.6 Å². The lowest BCUT2D eigenvalue weighted by Gasteiger charge is -2.18. The molecule has 1 atom stereocenters. The highest BCUT2D eigenvalue weighted by atomic mass is 35.5. The molecule has 0 N–H and O–H groups in total. The molecule has 0 amide bonds. The predicted octanol–water partition coefficient (Wildman–Crippen LogP) is 11.4. The molecule has 0 heterocycles. The van der Waals surface area contributed by atoms with Crippen molar-refractivity contribution in [1.29, 1.82) is 0 Å². The highest BCUT2D eigenvalue weighted by molar-refractivity contribution is 6.21. The van der Waals surface area contributed by atoms with Crippen molar-refractivity contribution in [3.05, 3.63) is 197 Å². The molecular formula is C45H41ClO4. The number of halogens is 1. The van der Waals surface area contributed by atoms with Crippen molar-refractivity contribution in [2.24, 2.45) is 0 Å². The number of hydrogen-bond donors (Lipinski definition) is 0. The number of ether oxygens (including phenoxy) is 4. The van der Waals surface area contributed by atoms with E-state index in [1.807, 2.05) is 103 Å². The lowest BCUT2D eigenvalue weighted by molar-refractivity contribution is 0.0886. The highest BCUT2D eigenvalue weighted by Gasteiger charge is 2.17. The molecule has 0 aliphatic heterocycles. The second-order valence-electron chi connectivity index (χ2n) is 11.9. The fourth-order valence-corrected chi connectivity index (χ4v) is 5.86. The largest absolute Gasteiger partial charge is 0.491 e. The minimum atomic E-state index is -0.329. The maximum atomic E-state index is 7.22. The van der Waals surface area contributed by atoms with E-state index in [1.165, 1.54) is 0 Å². The van der Waals surface area contributed by atoms with Crippen molar-refractivity contribution in [1.82, 2.24) is 0 Å². The third kappa shape index (κ3) is 10.6. The quantitative estimate of drug-likeness (QED) is 0.0546. The highest BCUT2D eigenvalue weighted by Crippen LogP contribution is 2.38. The molecule has 0 aromatic heterocycles. The van der Waals surface area contributed by atoms with Gasteiger partial charge in [-0.15, -0.1) is 11.6 Å². The Hall–Kier alpha value is -5.29. The summed E-state index contributed by atoms with van der Waals surface area (Å²) in [6, 6.07) is 54.9. The van der Waals surface area contributed by atoms with Crippen LogP contribution in [0.5, 0.6) is 17.2 Å². The molecule has 0 radical (unpaired) electrons. The molecule has 6 rings (SSSR count). The van der Waals surface area contributed by atoms with Crippen LogP contribution in [0.4, 0.5) is 0 Å². The van der Waals surface area contributed by atoms with Crippen LogP contribution in [0.3, 0.4) is 0 Å². The van der Waals surface area contributed by atoms with Gasteiger partial charge in [0.05, 0.1) is 18.6 Å². The molecule has 0 bridgehead atoms. The van der Waals surface area contributed by atoms with E-state index in [-0.39, 0.29) is 5.38 Å². The Labute approximate surface area is 300 Å². The fraction of sp³-hybridized carbons (Fsp3) is 0.156. The van der Waals surface area contributed by atoms with E-state index in [0.29, 0.717) is 39.5 Å². The van der Waals surface area contributed by atoms with Gasteiger partial charge in [-0.05, 0) is 70.1 Å². The van der Waals surface area contributed by atoms with Crippen molar-refractivity contribution in [3.63, 3.8) is 0 Å². The lowest BCUT2D eigenvalue weighted by atomic mass is 9.95. The van der Waals surface area contributed by atoms with E-state index >= 15 is 0 Å². The summed E-state index contributed by atoms with van der Waals surface area (Å²) in [4.78, 5) is 0. The molecule has 0 saturated heterocycles. The minimum absolute atomic E-state index is 0.329. The van der Waals surface area contributed by atoms with Crippen LogP contribution in [0.2, 0.25) is 0 Å². The monoisotopic (exact) mass is 680 g/mol. The summed E-state index contributed by atoms with van der Waals surface area (Å²) >= 11 is 7.22. The van der Waals surface area contributed by atoms with Crippen molar-refractivity contribution in [3.8, 4) is 17.2 Å². The normalized spacial score (nSPS) is 11.9. The fourth-order valence-electron chi connectivity index (χ4n) is 5.52. The molecule has 1 unspecified atom stereocenters. The van der Waals surface area contributed by atoms with Crippen LogP contribution in [0.25, 0.3) is 11.6 Å². The van der Waals surface area contributed by atoms with Crippen LogP contribution in [-0.4, -0.2) is 13.2 Å². The Morgan fingerprint density at radius 1 is 0.500 bits per heavy atom. The van der Waals surface area contributed by atoms with Crippen molar-refractivity contribution in [2.75, 3.05) is 13.2 Å². The molecule has 0 spiro atoms. The first-order valence-corrected chi connectivity index (χ1v) is 17.4. The summed E-state index contributed by atoms with van der Waals surface area (Å²) in [6.45, 7) is 2.49. The summed E-state index contributed by atoms with van der Waals surface area (Å²) in [5.41, 5.74) is 7.56. The van der Waals surface area contributed by atoms with Gasteiger partial charge in [0.2, 0.25) is 0 Å². The van der Waals surface area contributed by atoms with Gasteiger partial charge in [0, 0.05) is 5.56 Å². The summed E-state index contributed by atoms with van der Waals surface area (Å²) in [7, 11) is 0.